The third kappa shape index (κ3) is 4.75. The molecule has 0 atom stereocenters. The first-order chi connectivity index (χ1) is 9.98. The van der Waals surface area contributed by atoms with Crippen LogP contribution in [0.15, 0.2) is 28.9 Å². The van der Waals surface area contributed by atoms with E-state index in [0.29, 0.717) is 29.5 Å². The topological polar surface area (TPSA) is 97.1 Å². The van der Waals surface area contributed by atoms with Gasteiger partial charge in [0.15, 0.2) is 5.82 Å². The van der Waals surface area contributed by atoms with Crippen LogP contribution in [0.25, 0.3) is 0 Å². The molecule has 0 amide bonds. The van der Waals surface area contributed by atoms with Gasteiger partial charge in [-0.2, -0.15) is 0 Å². The Morgan fingerprint density at radius 1 is 1.29 bits per heavy atom. The Labute approximate surface area is 123 Å². The van der Waals surface area contributed by atoms with Gasteiger partial charge in [-0.25, -0.2) is 13.4 Å². The van der Waals surface area contributed by atoms with Crippen LogP contribution in [0.4, 0.5) is 17.3 Å². The lowest BCUT2D eigenvalue weighted by molar-refractivity contribution is 0.400. The van der Waals surface area contributed by atoms with Gasteiger partial charge in [0, 0.05) is 6.07 Å². The third-order valence-electron chi connectivity index (χ3n) is 2.69. The molecule has 0 aliphatic heterocycles. The molecule has 2 aromatic rings. The first kappa shape index (κ1) is 15.3. The lowest BCUT2D eigenvalue weighted by Crippen LogP contribution is -2.16. The molecule has 114 valence electrons. The summed E-state index contributed by atoms with van der Waals surface area (Å²) in [5.74, 6) is 1.91. The summed E-state index contributed by atoms with van der Waals surface area (Å²) in [4.78, 5) is 4.13. The van der Waals surface area contributed by atoms with Crippen molar-refractivity contribution in [2.75, 3.05) is 15.8 Å². The molecule has 0 aromatic carbocycles. The summed E-state index contributed by atoms with van der Waals surface area (Å²) in [7, 11) is -3.30. The molecule has 0 saturated carbocycles. The number of anilines is 3. The average Bonchev–Trinajstić information content (AvgIpc) is 2.84. The predicted molar refractivity (Wildman–Crippen MR) is 81.1 cm³/mol. The monoisotopic (exact) mass is 310 g/mol. The lowest BCUT2D eigenvalue weighted by Gasteiger charge is -2.08. The number of nitrogens with zero attached hydrogens (tertiary/aromatic N) is 2. The van der Waals surface area contributed by atoms with Crippen molar-refractivity contribution in [2.45, 2.75) is 26.7 Å². The van der Waals surface area contributed by atoms with Crippen LogP contribution < -0.4 is 10.0 Å². The van der Waals surface area contributed by atoms with Crippen LogP contribution in [0.2, 0.25) is 0 Å². The maximum absolute atomic E-state index is 11.8. The van der Waals surface area contributed by atoms with Gasteiger partial charge in [-0.1, -0.05) is 18.5 Å². The Morgan fingerprint density at radius 2 is 2.10 bits per heavy atom. The molecule has 0 bridgehead atoms. The normalized spacial score (nSPS) is 11.3. The minimum Gasteiger partial charge on any atom is -0.360 e. The van der Waals surface area contributed by atoms with Gasteiger partial charge in [0.2, 0.25) is 10.0 Å². The van der Waals surface area contributed by atoms with E-state index in [9.17, 15) is 8.42 Å². The zero-order valence-electron chi connectivity index (χ0n) is 12.0. The Morgan fingerprint density at radius 3 is 2.67 bits per heavy atom. The fraction of sp³-hybridized carbons (Fsp3) is 0.385. The van der Waals surface area contributed by atoms with Crippen LogP contribution in [-0.4, -0.2) is 24.3 Å². The first-order valence-electron chi connectivity index (χ1n) is 6.65. The maximum Gasteiger partial charge on any atom is 0.232 e. The highest BCUT2D eigenvalue weighted by Crippen LogP contribution is 2.16. The van der Waals surface area contributed by atoms with E-state index < -0.39 is 10.0 Å². The van der Waals surface area contributed by atoms with E-state index in [0.717, 1.165) is 6.42 Å². The van der Waals surface area contributed by atoms with Gasteiger partial charge < -0.3 is 9.84 Å². The molecule has 2 aromatic heterocycles. The van der Waals surface area contributed by atoms with Crippen molar-refractivity contribution in [1.29, 1.82) is 0 Å². The van der Waals surface area contributed by atoms with Gasteiger partial charge in [0.05, 0.1) is 17.6 Å². The van der Waals surface area contributed by atoms with Crippen LogP contribution in [0.5, 0.6) is 0 Å². The van der Waals surface area contributed by atoms with Crippen molar-refractivity contribution in [3.8, 4) is 0 Å². The number of hydrogen-bond donors (Lipinski definition) is 2. The van der Waals surface area contributed by atoms with E-state index in [-0.39, 0.29) is 5.75 Å². The zero-order chi connectivity index (χ0) is 15.3. The molecule has 8 heteroatoms. The summed E-state index contributed by atoms with van der Waals surface area (Å²) in [6.07, 6.45) is 2.92. The molecule has 0 aliphatic rings. The van der Waals surface area contributed by atoms with E-state index in [1.54, 1.807) is 25.1 Å². The van der Waals surface area contributed by atoms with Crippen molar-refractivity contribution >= 4 is 27.3 Å². The number of hydrogen-bond acceptors (Lipinski definition) is 6. The van der Waals surface area contributed by atoms with Crippen molar-refractivity contribution in [3.63, 3.8) is 0 Å². The average molecular weight is 310 g/mol. The molecule has 0 aliphatic carbocycles. The molecule has 21 heavy (non-hydrogen) atoms. The molecule has 2 N–H and O–H groups in total. The highest BCUT2D eigenvalue weighted by molar-refractivity contribution is 7.92. The van der Waals surface area contributed by atoms with Crippen LogP contribution in [0.1, 0.15) is 25.5 Å². The fourth-order valence-corrected chi connectivity index (χ4v) is 2.90. The molecule has 0 radical (unpaired) electrons. The van der Waals surface area contributed by atoms with E-state index in [1.807, 2.05) is 6.92 Å². The van der Waals surface area contributed by atoms with Crippen LogP contribution in [-0.2, 0) is 10.0 Å². The molecule has 7 nitrogen and oxygen atoms in total. The molecular formula is C13H18N4O3S. The van der Waals surface area contributed by atoms with Gasteiger partial charge in [0.1, 0.15) is 11.6 Å². The van der Waals surface area contributed by atoms with E-state index in [2.05, 4.69) is 20.2 Å². The smallest absolute Gasteiger partial charge is 0.232 e. The van der Waals surface area contributed by atoms with Crippen molar-refractivity contribution in [3.05, 3.63) is 30.2 Å². The largest absolute Gasteiger partial charge is 0.360 e. The first-order valence-corrected chi connectivity index (χ1v) is 8.30. The van der Waals surface area contributed by atoms with Crippen LogP contribution in [0.3, 0.4) is 0 Å². The standard InChI is InChI=1S/C13H18N4O3S/c1-3-4-7-21(18,19)17-11-5-6-12(14-9-11)15-13-8-10(2)20-16-13/h5-6,8-9,17H,3-4,7H2,1-2H3,(H,14,15,16). The zero-order valence-corrected chi connectivity index (χ0v) is 12.8. The van der Waals surface area contributed by atoms with Crippen molar-refractivity contribution in [1.82, 2.24) is 10.1 Å². The minimum atomic E-state index is -3.30. The second-order valence-corrected chi connectivity index (χ2v) is 6.50. The highest BCUT2D eigenvalue weighted by Gasteiger charge is 2.10. The molecule has 2 heterocycles. The predicted octanol–water partition coefficient (Wildman–Crippen LogP) is 2.66. The minimum absolute atomic E-state index is 0.113. The van der Waals surface area contributed by atoms with Crippen molar-refractivity contribution < 1.29 is 12.9 Å². The summed E-state index contributed by atoms with van der Waals surface area (Å²) in [5.41, 5.74) is 0.438. The Bertz CT molecular complexity index is 680. The van der Waals surface area contributed by atoms with E-state index >= 15 is 0 Å². The quantitative estimate of drug-likeness (QED) is 0.816. The lowest BCUT2D eigenvalue weighted by atomic mass is 10.4. The summed E-state index contributed by atoms with van der Waals surface area (Å²) < 4.78 is 30.9. The SMILES string of the molecule is CCCCS(=O)(=O)Nc1ccc(Nc2cc(C)on2)nc1. The number of nitrogens with one attached hydrogen (secondary N) is 2. The molecule has 0 spiro atoms. The summed E-state index contributed by atoms with van der Waals surface area (Å²) in [5, 5.41) is 6.74. The van der Waals surface area contributed by atoms with Crippen molar-refractivity contribution in [2.24, 2.45) is 0 Å². The Kier molecular flexibility index (Phi) is 4.79. The van der Waals surface area contributed by atoms with Gasteiger partial charge in [-0.15, -0.1) is 0 Å². The number of aromatic nitrogens is 2. The number of rotatable bonds is 7. The second-order valence-electron chi connectivity index (χ2n) is 4.65. The summed E-state index contributed by atoms with van der Waals surface area (Å²) in [6, 6.07) is 5.05. The maximum atomic E-state index is 11.8. The molecule has 0 fully saturated rings. The fourth-order valence-electron chi connectivity index (χ4n) is 1.65. The number of aryl methyl sites for hydroxylation is 1. The number of pyridine rings is 1. The van der Waals surface area contributed by atoms with Crippen LogP contribution in [0, 0.1) is 6.92 Å². The Hall–Kier alpha value is -2.09. The van der Waals surface area contributed by atoms with E-state index in [4.69, 9.17) is 4.52 Å². The van der Waals surface area contributed by atoms with Gasteiger partial charge in [-0.05, 0) is 25.5 Å². The molecule has 0 saturated heterocycles. The highest BCUT2D eigenvalue weighted by atomic mass is 32.2. The van der Waals surface area contributed by atoms with Crippen LogP contribution >= 0.6 is 0 Å². The third-order valence-corrected chi connectivity index (χ3v) is 4.06. The number of sulfonamides is 1. The summed E-state index contributed by atoms with van der Waals surface area (Å²) in [6.45, 7) is 3.74. The second kappa shape index (κ2) is 6.57. The van der Waals surface area contributed by atoms with Gasteiger partial charge in [0.25, 0.3) is 0 Å². The van der Waals surface area contributed by atoms with E-state index in [1.165, 1.54) is 6.20 Å². The number of unbranched alkanes of at least 4 members (excludes halogenated alkanes) is 1. The molecule has 0 unspecified atom stereocenters. The summed E-state index contributed by atoms with van der Waals surface area (Å²) >= 11 is 0. The van der Waals surface area contributed by atoms with Gasteiger partial charge >= 0.3 is 0 Å². The van der Waals surface area contributed by atoms with Gasteiger partial charge in [-0.3, -0.25) is 4.72 Å². The molecular weight excluding hydrogens is 292 g/mol. The Balaban J connectivity index is 1.98. The molecule has 2 rings (SSSR count).